The fourth-order valence-electron chi connectivity index (χ4n) is 3.14. The van der Waals surface area contributed by atoms with Gasteiger partial charge < -0.3 is 19.3 Å². The van der Waals surface area contributed by atoms with Gasteiger partial charge in [0.25, 0.3) is 0 Å². The van der Waals surface area contributed by atoms with Crippen LogP contribution in [0.4, 0.5) is 0 Å². The highest BCUT2D eigenvalue weighted by Crippen LogP contribution is 2.37. The molecule has 0 aromatic heterocycles. The Morgan fingerprint density at radius 3 is 2.55 bits per heavy atom. The summed E-state index contributed by atoms with van der Waals surface area (Å²) in [4.78, 5) is 0. The molecule has 4 heteroatoms. The molecule has 1 N–H and O–H groups in total. The fourth-order valence-corrected chi connectivity index (χ4v) is 3.14. The van der Waals surface area contributed by atoms with Gasteiger partial charge in [-0.3, -0.25) is 0 Å². The number of rotatable bonds is 8. The van der Waals surface area contributed by atoms with Crippen LogP contribution >= 0.6 is 0 Å². The van der Waals surface area contributed by atoms with E-state index in [1.807, 2.05) is 0 Å². The van der Waals surface area contributed by atoms with Crippen LogP contribution in [0.1, 0.15) is 64.7 Å². The Morgan fingerprint density at radius 1 is 1.10 bits per heavy atom. The van der Waals surface area contributed by atoms with E-state index < -0.39 is 5.79 Å². The Hall–Kier alpha value is -0.160. The Labute approximate surface area is 122 Å². The minimum absolute atomic E-state index is 0.127. The highest BCUT2D eigenvalue weighted by Gasteiger charge is 2.45. The predicted molar refractivity (Wildman–Crippen MR) is 77.6 cm³/mol. The Bertz CT molecular complexity index is 263. The van der Waals surface area contributed by atoms with Crippen LogP contribution in [0.3, 0.4) is 0 Å². The molecule has 0 amide bonds. The van der Waals surface area contributed by atoms with Crippen molar-refractivity contribution in [2.45, 2.75) is 82.7 Å². The van der Waals surface area contributed by atoms with Gasteiger partial charge in [-0.25, -0.2) is 0 Å². The first kappa shape index (κ1) is 16.2. The molecule has 1 heterocycles. The molecule has 118 valence electrons. The van der Waals surface area contributed by atoms with Crippen molar-refractivity contribution >= 4 is 0 Å². The molecule has 1 aliphatic heterocycles. The standard InChI is InChI=1S/C16H30O4/c1-2-3-4-5-6-7-10-18-15-13-16(9-8-14(15)17)19-11-12-20-16/h14-15,17H,2-13H2,1H3. The summed E-state index contributed by atoms with van der Waals surface area (Å²) in [5.41, 5.74) is 0. The SMILES string of the molecule is CCCCCCCCOC1CC2(CCC1O)OCCO2. The molecule has 1 saturated carbocycles. The molecule has 2 atom stereocenters. The van der Waals surface area contributed by atoms with Crippen molar-refractivity contribution in [3.8, 4) is 0 Å². The third kappa shape index (κ3) is 4.69. The van der Waals surface area contributed by atoms with E-state index in [4.69, 9.17) is 14.2 Å². The molecule has 0 radical (unpaired) electrons. The van der Waals surface area contributed by atoms with Gasteiger partial charge in [0.1, 0.15) is 0 Å². The zero-order valence-corrected chi connectivity index (χ0v) is 12.8. The number of hydrogen-bond acceptors (Lipinski definition) is 4. The predicted octanol–water partition coefficient (Wildman–Crippen LogP) is 3.02. The molecule has 1 aliphatic carbocycles. The summed E-state index contributed by atoms with van der Waals surface area (Å²) in [6.45, 7) is 4.31. The topological polar surface area (TPSA) is 47.9 Å². The smallest absolute Gasteiger partial charge is 0.171 e. The van der Waals surface area contributed by atoms with Crippen LogP contribution in [-0.2, 0) is 14.2 Å². The minimum atomic E-state index is -0.467. The van der Waals surface area contributed by atoms with Crippen molar-refractivity contribution in [3.63, 3.8) is 0 Å². The van der Waals surface area contributed by atoms with Gasteiger partial charge >= 0.3 is 0 Å². The van der Waals surface area contributed by atoms with Gasteiger partial charge in [0.15, 0.2) is 5.79 Å². The molecule has 20 heavy (non-hydrogen) atoms. The second-order valence-corrected chi connectivity index (χ2v) is 6.09. The van der Waals surface area contributed by atoms with Gasteiger partial charge in [-0.2, -0.15) is 0 Å². The summed E-state index contributed by atoms with van der Waals surface area (Å²) in [6, 6.07) is 0. The fraction of sp³-hybridized carbons (Fsp3) is 1.00. The van der Waals surface area contributed by atoms with Gasteiger partial charge in [-0.1, -0.05) is 39.0 Å². The van der Waals surface area contributed by atoms with Crippen molar-refractivity contribution in [2.24, 2.45) is 0 Å². The van der Waals surface area contributed by atoms with E-state index in [0.717, 1.165) is 19.4 Å². The molecular weight excluding hydrogens is 256 g/mol. The van der Waals surface area contributed by atoms with E-state index in [1.165, 1.54) is 32.1 Å². The van der Waals surface area contributed by atoms with Crippen molar-refractivity contribution < 1.29 is 19.3 Å². The molecule has 4 nitrogen and oxygen atoms in total. The first-order chi connectivity index (χ1) is 9.76. The lowest BCUT2D eigenvalue weighted by Gasteiger charge is -2.38. The number of aliphatic hydroxyl groups excluding tert-OH is 1. The number of ether oxygens (including phenoxy) is 3. The molecule has 2 rings (SSSR count). The summed E-state index contributed by atoms with van der Waals surface area (Å²) >= 11 is 0. The van der Waals surface area contributed by atoms with E-state index in [1.54, 1.807) is 0 Å². The maximum atomic E-state index is 10.0. The minimum Gasteiger partial charge on any atom is -0.390 e. The number of unbranched alkanes of at least 4 members (excludes halogenated alkanes) is 5. The van der Waals surface area contributed by atoms with Gasteiger partial charge in [0.2, 0.25) is 0 Å². The first-order valence-corrected chi connectivity index (χ1v) is 8.33. The summed E-state index contributed by atoms with van der Waals surface area (Å²) in [5.74, 6) is -0.467. The van der Waals surface area contributed by atoms with Crippen LogP contribution in [0.5, 0.6) is 0 Å². The van der Waals surface area contributed by atoms with Crippen LogP contribution in [0, 0.1) is 0 Å². The Balaban J connectivity index is 1.61. The van der Waals surface area contributed by atoms with Gasteiger partial charge in [0.05, 0.1) is 25.4 Å². The highest BCUT2D eigenvalue weighted by molar-refractivity contribution is 4.88. The first-order valence-electron chi connectivity index (χ1n) is 8.33. The zero-order valence-electron chi connectivity index (χ0n) is 12.8. The van der Waals surface area contributed by atoms with Crippen LogP contribution in [0.25, 0.3) is 0 Å². The Morgan fingerprint density at radius 2 is 1.80 bits per heavy atom. The molecule has 1 saturated heterocycles. The lowest BCUT2D eigenvalue weighted by molar-refractivity contribution is -0.221. The highest BCUT2D eigenvalue weighted by atomic mass is 16.7. The van der Waals surface area contributed by atoms with Crippen LogP contribution < -0.4 is 0 Å². The van der Waals surface area contributed by atoms with E-state index in [-0.39, 0.29) is 12.2 Å². The van der Waals surface area contributed by atoms with Crippen LogP contribution in [0.15, 0.2) is 0 Å². The van der Waals surface area contributed by atoms with Crippen LogP contribution in [0.2, 0.25) is 0 Å². The van der Waals surface area contributed by atoms with Gasteiger partial charge in [-0.05, 0) is 12.8 Å². The molecule has 0 aromatic rings. The maximum Gasteiger partial charge on any atom is 0.171 e. The van der Waals surface area contributed by atoms with Crippen molar-refractivity contribution in [3.05, 3.63) is 0 Å². The summed E-state index contributed by atoms with van der Waals surface area (Å²) in [7, 11) is 0. The molecule has 0 aromatic carbocycles. The second-order valence-electron chi connectivity index (χ2n) is 6.09. The Kier molecular flexibility index (Phi) is 6.75. The van der Waals surface area contributed by atoms with Gasteiger partial charge in [-0.15, -0.1) is 0 Å². The lowest BCUT2D eigenvalue weighted by atomic mass is 9.89. The van der Waals surface area contributed by atoms with E-state index in [2.05, 4.69) is 6.92 Å². The largest absolute Gasteiger partial charge is 0.390 e. The van der Waals surface area contributed by atoms with Crippen LogP contribution in [-0.4, -0.2) is 42.9 Å². The average Bonchev–Trinajstić information content (AvgIpc) is 2.90. The zero-order chi connectivity index (χ0) is 14.3. The van der Waals surface area contributed by atoms with Crippen molar-refractivity contribution in [1.29, 1.82) is 0 Å². The third-order valence-electron chi connectivity index (χ3n) is 4.41. The maximum absolute atomic E-state index is 10.0. The molecule has 2 fully saturated rings. The van der Waals surface area contributed by atoms with E-state index in [0.29, 0.717) is 26.1 Å². The number of aliphatic hydroxyl groups is 1. The molecule has 1 spiro atoms. The summed E-state index contributed by atoms with van der Waals surface area (Å²) in [5, 5.41) is 10.0. The molecule has 2 unspecified atom stereocenters. The summed E-state index contributed by atoms with van der Waals surface area (Å²) in [6.07, 6.45) is 9.21. The lowest BCUT2D eigenvalue weighted by Crippen LogP contribution is -2.46. The van der Waals surface area contributed by atoms with Gasteiger partial charge in [0, 0.05) is 19.4 Å². The van der Waals surface area contributed by atoms with Crippen molar-refractivity contribution in [2.75, 3.05) is 19.8 Å². The van der Waals surface area contributed by atoms with E-state index in [9.17, 15) is 5.11 Å². The molecule has 2 aliphatic rings. The van der Waals surface area contributed by atoms with E-state index >= 15 is 0 Å². The monoisotopic (exact) mass is 286 g/mol. The third-order valence-corrected chi connectivity index (χ3v) is 4.41. The number of hydrogen-bond donors (Lipinski definition) is 1. The quantitative estimate of drug-likeness (QED) is 0.697. The normalized spacial score (nSPS) is 29.1. The average molecular weight is 286 g/mol. The molecule has 0 bridgehead atoms. The summed E-state index contributed by atoms with van der Waals surface area (Å²) < 4.78 is 17.3. The molecular formula is C16H30O4. The van der Waals surface area contributed by atoms with Crippen molar-refractivity contribution in [1.82, 2.24) is 0 Å². The second kappa shape index (κ2) is 8.32.